The largest absolute Gasteiger partial charge is 0.444 e. The summed E-state index contributed by atoms with van der Waals surface area (Å²) in [4.78, 5) is 37.6. The molecule has 0 radical (unpaired) electrons. The normalized spacial score (nSPS) is 11.4. The van der Waals surface area contributed by atoms with Gasteiger partial charge in [0.2, 0.25) is 5.91 Å². The number of imide groups is 1. The number of benzene rings is 2. The van der Waals surface area contributed by atoms with Gasteiger partial charge < -0.3 is 10.5 Å². The Hall–Kier alpha value is -2.99. The molecule has 0 aliphatic carbocycles. The van der Waals surface area contributed by atoms with Crippen molar-refractivity contribution in [1.82, 2.24) is 4.90 Å². The SMILES string of the molecule is C[C@H](N)C(=O)N(CC(=O)c1ccccc1)C(=O)OCc1ccccc1. The van der Waals surface area contributed by atoms with Gasteiger partial charge in [-0.05, 0) is 12.5 Å². The van der Waals surface area contributed by atoms with Crippen molar-refractivity contribution in [3.63, 3.8) is 0 Å². The van der Waals surface area contributed by atoms with Crippen LogP contribution in [0.3, 0.4) is 0 Å². The van der Waals surface area contributed by atoms with Gasteiger partial charge in [0.25, 0.3) is 0 Å². The molecule has 0 aliphatic heterocycles. The van der Waals surface area contributed by atoms with Crippen LogP contribution < -0.4 is 5.73 Å². The molecule has 2 rings (SSSR count). The van der Waals surface area contributed by atoms with E-state index in [0.717, 1.165) is 10.5 Å². The first kappa shape index (κ1) is 18.4. The van der Waals surface area contributed by atoms with Gasteiger partial charge in [0, 0.05) is 5.56 Å². The summed E-state index contributed by atoms with van der Waals surface area (Å²) in [6, 6.07) is 16.6. The summed E-state index contributed by atoms with van der Waals surface area (Å²) in [5.74, 6) is -1.03. The van der Waals surface area contributed by atoms with Gasteiger partial charge in [-0.25, -0.2) is 9.69 Å². The van der Waals surface area contributed by atoms with Crippen molar-refractivity contribution in [3.05, 3.63) is 71.8 Å². The van der Waals surface area contributed by atoms with Crippen LogP contribution in [0.25, 0.3) is 0 Å². The summed E-state index contributed by atoms with van der Waals surface area (Å²) in [5.41, 5.74) is 6.77. The first-order valence-electron chi connectivity index (χ1n) is 7.85. The van der Waals surface area contributed by atoms with Gasteiger partial charge in [-0.2, -0.15) is 0 Å². The average Bonchev–Trinajstić information content (AvgIpc) is 2.64. The highest BCUT2D eigenvalue weighted by atomic mass is 16.6. The Morgan fingerprint density at radius 2 is 1.56 bits per heavy atom. The zero-order chi connectivity index (χ0) is 18.2. The highest BCUT2D eigenvalue weighted by Gasteiger charge is 2.28. The Labute approximate surface area is 146 Å². The zero-order valence-corrected chi connectivity index (χ0v) is 13.9. The lowest BCUT2D eigenvalue weighted by molar-refractivity contribution is -0.130. The lowest BCUT2D eigenvalue weighted by Gasteiger charge is -2.21. The molecule has 0 unspecified atom stereocenters. The minimum atomic E-state index is -0.923. The van der Waals surface area contributed by atoms with Crippen LogP contribution >= 0.6 is 0 Å². The Kier molecular flexibility index (Phi) is 6.42. The Morgan fingerprint density at radius 3 is 2.12 bits per heavy atom. The van der Waals surface area contributed by atoms with Crippen molar-refractivity contribution in [2.45, 2.75) is 19.6 Å². The maximum atomic E-state index is 12.3. The number of ether oxygens (including phenoxy) is 1. The number of Topliss-reactive ketones (excluding diaryl/α,β-unsaturated/α-hetero) is 1. The maximum absolute atomic E-state index is 12.3. The molecular weight excluding hydrogens is 320 g/mol. The van der Waals surface area contributed by atoms with Gasteiger partial charge >= 0.3 is 6.09 Å². The molecular formula is C19H20N2O4. The standard InChI is InChI=1S/C19H20N2O4/c1-14(20)18(23)21(12-17(22)16-10-6-3-7-11-16)19(24)25-13-15-8-4-2-5-9-15/h2-11,14H,12-13,20H2,1H3/t14-/m0/s1. The summed E-state index contributed by atoms with van der Waals surface area (Å²) in [7, 11) is 0. The Balaban J connectivity index is 2.08. The fraction of sp³-hybridized carbons (Fsp3) is 0.211. The lowest BCUT2D eigenvalue weighted by atomic mass is 10.1. The predicted molar refractivity (Wildman–Crippen MR) is 92.8 cm³/mol. The van der Waals surface area contributed by atoms with E-state index in [1.165, 1.54) is 6.92 Å². The van der Waals surface area contributed by atoms with Crippen LogP contribution in [0.5, 0.6) is 0 Å². The van der Waals surface area contributed by atoms with E-state index in [1.807, 2.05) is 18.2 Å². The number of rotatable bonds is 6. The molecule has 130 valence electrons. The molecule has 0 saturated carbocycles. The first-order valence-corrected chi connectivity index (χ1v) is 7.85. The molecule has 25 heavy (non-hydrogen) atoms. The molecule has 2 aromatic rings. The number of carbonyl (C=O) groups excluding carboxylic acids is 3. The van der Waals surface area contributed by atoms with Crippen LogP contribution in [0.1, 0.15) is 22.8 Å². The summed E-state index contributed by atoms with van der Waals surface area (Å²) in [6.45, 7) is 1.03. The van der Waals surface area contributed by atoms with E-state index in [2.05, 4.69) is 0 Å². The number of amides is 2. The molecule has 6 heteroatoms. The molecule has 0 heterocycles. The van der Waals surface area contributed by atoms with Gasteiger partial charge in [0.15, 0.2) is 5.78 Å². The van der Waals surface area contributed by atoms with Gasteiger partial charge in [0.05, 0.1) is 12.6 Å². The first-order chi connectivity index (χ1) is 12.0. The van der Waals surface area contributed by atoms with E-state index in [-0.39, 0.29) is 12.4 Å². The zero-order valence-electron chi connectivity index (χ0n) is 13.9. The fourth-order valence-electron chi connectivity index (χ4n) is 2.13. The highest BCUT2D eigenvalue weighted by molar-refractivity contribution is 6.04. The van der Waals surface area contributed by atoms with E-state index >= 15 is 0 Å². The second-order valence-electron chi connectivity index (χ2n) is 5.54. The predicted octanol–water partition coefficient (Wildman–Crippen LogP) is 2.38. The van der Waals surface area contributed by atoms with E-state index < -0.39 is 24.6 Å². The third-order valence-electron chi connectivity index (χ3n) is 3.48. The molecule has 2 amide bonds. The summed E-state index contributed by atoms with van der Waals surface area (Å²) in [6.07, 6.45) is -0.893. The van der Waals surface area contributed by atoms with Crippen molar-refractivity contribution in [2.75, 3.05) is 6.54 Å². The molecule has 0 aliphatic rings. The summed E-state index contributed by atoms with van der Waals surface area (Å²) < 4.78 is 5.16. The van der Waals surface area contributed by atoms with Crippen LogP contribution in [0, 0.1) is 0 Å². The Bertz CT molecular complexity index is 730. The minimum Gasteiger partial charge on any atom is -0.444 e. The molecule has 0 fully saturated rings. The monoisotopic (exact) mass is 340 g/mol. The van der Waals surface area contributed by atoms with Gasteiger partial charge in [-0.15, -0.1) is 0 Å². The van der Waals surface area contributed by atoms with Crippen molar-refractivity contribution in [3.8, 4) is 0 Å². The summed E-state index contributed by atoms with van der Waals surface area (Å²) >= 11 is 0. The van der Waals surface area contributed by atoms with E-state index in [1.54, 1.807) is 42.5 Å². The second kappa shape index (κ2) is 8.75. The molecule has 0 aromatic heterocycles. The quantitative estimate of drug-likeness (QED) is 0.816. The highest BCUT2D eigenvalue weighted by Crippen LogP contribution is 2.07. The van der Waals surface area contributed by atoms with E-state index in [0.29, 0.717) is 5.56 Å². The molecule has 1 atom stereocenters. The number of nitrogens with zero attached hydrogens (tertiary/aromatic N) is 1. The van der Waals surface area contributed by atoms with Crippen molar-refractivity contribution < 1.29 is 19.1 Å². The molecule has 0 bridgehead atoms. The number of hydrogen-bond acceptors (Lipinski definition) is 5. The second-order valence-corrected chi connectivity index (χ2v) is 5.54. The number of ketones is 1. The van der Waals surface area contributed by atoms with Crippen LogP contribution in [-0.2, 0) is 16.1 Å². The molecule has 2 N–H and O–H groups in total. The van der Waals surface area contributed by atoms with Crippen molar-refractivity contribution in [2.24, 2.45) is 5.73 Å². The van der Waals surface area contributed by atoms with Crippen LogP contribution in [0.4, 0.5) is 4.79 Å². The summed E-state index contributed by atoms with van der Waals surface area (Å²) in [5, 5.41) is 0. The van der Waals surface area contributed by atoms with Crippen LogP contribution in [0.15, 0.2) is 60.7 Å². The fourth-order valence-corrected chi connectivity index (χ4v) is 2.13. The Morgan fingerprint density at radius 1 is 1.00 bits per heavy atom. The third-order valence-corrected chi connectivity index (χ3v) is 3.48. The van der Waals surface area contributed by atoms with Crippen LogP contribution in [0.2, 0.25) is 0 Å². The molecule has 6 nitrogen and oxygen atoms in total. The van der Waals surface area contributed by atoms with Crippen LogP contribution in [-0.4, -0.2) is 35.3 Å². The lowest BCUT2D eigenvalue weighted by Crippen LogP contribution is -2.47. The van der Waals surface area contributed by atoms with E-state index in [4.69, 9.17) is 10.5 Å². The molecule has 0 saturated heterocycles. The third kappa shape index (κ3) is 5.26. The average molecular weight is 340 g/mol. The molecule has 0 spiro atoms. The number of hydrogen-bond donors (Lipinski definition) is 1. The number of carbonyl (C=O) groups is 3. The number of nitrogens with two attached hydrogens (primary N) is 1. The van der Waals surface area contributed by atoms with Gasteiger partial charge in [-0.3, -0.25) is 9.59 Å². The molecule has 2 aromatic carbocycles. The van der Waals surface area contributed by atoms with Gasteiger partial charge in [0.1, 0.15) is 6.61 Å². The van der Waals surface area contributed by atoms with Crippen molar-refractivity contribution in [1.29, 1.82) is 0 Å². The maximum Gasteiger partial charge on any atom is 0.417 e. The van der Waals surface area contributed by atoms with E-state index in [9.17, 15) is 14.4 Å². The smallest absolute Gasteiger partial charge is 0.417 e. The minimum absolute atomic E-state index is 0.00192. The van der Waals surface area contributed by atoms with Gasteiger partial charge in [-0.1, -0.05) is 60.7 Å². The topological polar surface area (TPSA) is 89.7 Å². The van der Waals surface area contributed by atoms with Crippen molar-refractivity contribution >= 4 is 17.8 Å².